The third-order valence-electron chi connectivity index (χ3n) is 6.14. The molecule has 2 aromatic heterocycles. The van der Waals surface area contributed by atoms with Gasteiger partial charge in [0, 0.05) is 48.6 Å². The maximum absolute atomic E-state index is 12.5. The van der Waals surface area contributed by atoms with Gasteiger partial charge in [0.25, 0.3) is 0 Å². The van der Waals surface area contributed by atoms with E-state index in [1.807, 2.05) is 31.2 Å². The van der Waals surface area contributed by atoms with Crippen LogP contribution in [0.5, 0.6) is 0 Å². The second-order valence-electron chi connectivity index (χ2n) is 8.10. The number of hydrogen-bond acceptors (Lipinski definition) is 6. The van der Waals surface area contributed by atoms with Crippen LogP contribution in [-0.2, 0) is 9.53 Å². The van der Waals surface area contributed by atoms with Crippen molar-refractivity contribution in [1.82, 2.24) is 20.3 Å². The van der Waals surface area contributed by atoms with E-state index in [2.05, 4.69) is 20.2 Å². The molecule has 2 bridgehead atoms. The van der Waals surface area contributed by atoms with Crippen molar-refractivity contribution in [2.24, 2.45) is 5.92 Å². The van der Waals surface area contributed by atoms with E-state index in [0.717, 1.165) is 42.3 Å². The number of anilines is 1. The first-order chi connectivity index (χ1) is 14.2. The number of amides is 1. The van der Waals surface area contributed by atoms with Crippen molar-refractivity contribution in [1.29, 1.82) is 0 Å². The van der Waals surface area contributed by atoms with Crippen LogP contribution in [0, 0.1) is 12.8 Å². The van der Waals surface area contributed by atoms with Crippen molar-refractivity contribution >= 4 is 11.7 Å². The molecule has 150 valence electrons. The summed E-state index contributed by atoms with van der Waals surface area (Å²) in [5.41, 5.74) is 3.09. The lowest BCUT2D eigenvalue weighted by Crippen LogP contribution is -2.54. The molecule has 3 atom stereocenters. The molecule has 6 rings (SSSR count). The molecule has 2 aromatic rings. The Bertz CT molecular complexity index is 945. The van der Waals surface area contributed by atoms with Gasteiger partial charge in [-0.2, -0.15) is 0 Å². The fourth-order valence-electron chi connectivity index (χ4n) is 4.59. The zero-order valence-electron chi connectivity index (χ0n) is 16.5. The summed E-state index contributed by atoms with van der Waals surface area (Å²) in [6.45, 7) is 4.27. The van der Waals surface area contributed by atoms with Gasteiger partial charge in [0.05, 0.1) is 25.3 Å². The molecule has 0 spiro atoms. The summed E-state index contributed by atoms with van der Waals surface area (Å²) >= 11 is 0. The first-order valence-corrected chi connectivity index (χ1v) is 10.2. The summed E-state index contributed by atoms with van der Waals surface area (Å²) in [5.74, 6) is 2.28. The number of pyridine rings is 1. The number of nitrogens with zero attached hydrogens (tertiary/aromatic N) is 4. The van der Waals surface area contributed by atoms with Crippen LogP contribution < -0.4 is 10.2 Å². The number of rotatable bonds is 5. The number of carbonyl (C=O) groups is 1. The third-order valence-corrected chi connectivity index (χ3v) is 6.14. The highest BCUT2D eigenvalue weighted by atomic mass is 16.5. The van der Waals surface area contributed by atoms with Crippen LogP contribution in [-0.4, -0.2) is 52.7 Å². The first kappa shape index (κ1) is 18.2. The van der Waals surface area contributed by atoms with Crippen LogP contribution in [0.15, 0.2) is 42.2 Å². The number of hydrogen-bond donors (Lipinski definition) is 1. The Morgan fingerprint density at radius 3 is 2.97 bits per heavy atom. The molecule has 3 fully saturated rings. The molecule has 1 saturated carbocycles. The molecule has 4 aliphatic rings. The Morgan fingerprint density at radius 1 is 1.31 bits per heavy atom. The minimum atomic E-state index is 0.121. The number of aromatic nitrogens is 3. The molecule has 2 saturated heterocycles. The zero-order chi connectivity index (χ0) is 19.8. The van der Waals surface area contributed by atoms with Crippen LogP contribution in [0.1, 0.15) is 25.0 Å². The van der Waals surface area contributed by atoms with Gasteiger partial charge in [-0.3, -0.25) is 9.78 Å². The van der Waals surface area contributed by atoms with Gasteiger partial charge in [-0.1, -0.05) is 11.6 Å². The summed E-state index contributed by atoms with van der Waals surface area (Å²) in [6.07, 6.45) is 8.00. The number of fused-ring (bicyclic) bond motifs is 1. The van der Waals surface area contributed by atoms with E-state index in [1.165, 1.54) is 5.57 Å². The number of carbonyl (C=O) groups excluding carboxylic acids is 1. The van der Waals surface area contributed by atoms with Crippen LogP contribution >= 0.6 is 0 Å². The fraction of sp³-hybridized carbons (Fsp3) is 0.455. The molecule has 1 aliphatic carbocycles. The second-order valence-corrected chi connectivity index (χ2v) is 8.10. The monoisotopic (exact) mass is 391 g/mol. The normalized spacial score (nSPS) is 25.3. The van der Waals surface area contributed by atoms with E-state index in [9.17, 15) is 4.79 Å². The summed E-state index contributed by atoms with van der Waals surface area (Å²) in [4.78, 5) is 28.4. The lowest BCUT2D eigenvalue weighted by Gasteiger charge is -2.37. The molecular formula is C22H25N5O2. The molecule has 1 N–H and O–H groups in total. The Kier molecular flexibility index (Phi) is 4.75. The average molecular weight is 391 g/mol. The van der Waals surface area contributed by atoms with Gasteiger partial charge in [0.2, 0.25) is 5.91 Å². The first-order valence-electron chi connectivity index (χ1n) is 10.2. The Hall–Kier alpha value is -2.80. The molecule has 0 aromatic carbocycles. The lowest BCUT2D eigenvalue weighted by atomic mass is 9.80. The minimum absolute atomic E-state index is 0.121. The lowest BCUT2D eigenvalue weighted by molar-refractivity contribution is -0.122. The SMILES string of the molecule is Cc1cc(N2CC3CC2C3NC(=O)CC2=CCOCC2)nc(-c2ccncc2)n1. The number of nitrogens with one attached hydrogen (secondary N) is 1. The Morgan fingerprint density at radius 2 is 2.17 bits per heavy atom. The minimum Gasteiger partial charge on any atom is -0.377 e. The highest BCUT2D eigenvalue weighted by molar-refractivity contribution is 5.79. The quantitative estimate of drug-likeness (QED) is 0.788. The molecule has 0 radical (unpaired) electrons. The average Bonchev–Trinajstić information content (AvgIpc) is 3.33. The van der Waals surface area contributed by atoms with Crippen LogP contribution in [0.2, 0.25) is 0 Å². The van der Waals surface area contributed by atoms with E-state index >= 15 is 0 Å². The predicted molar refractivity (Wildman–Crippen MR) is 109 cm³/mol. The second kappa shape index (κ2) is 7.55. The van der Waals surface area contributed by atoms with Crippen molar-refractivity contribution in [2.75, 3.05) is 24.7 Å². The highest BCUT2D eigenvalue weighted by Gasteiger charge is 2.53. The van der Waals surface area contributed by atoms with E-state index in [1.54, 1.807) is 12.4 Å². The van der Waals surface area contributed by atoms with Crippen molar-refractivity contribution in [3.05, 3.63) is 47.9 Å². The maximum atomic E-state index is 12.5. The fourth-order valence-corrected chi connectivity index (χ4v) is 4.59. The number of ether oxygens (including phenoxy) is 1. The molecule has 7 nitrogen and oxygen atoms in total. The van der Waals surface area contributed by atoms with Crippen LogP contribution in [0.25, 0.3) is 11.4 Å². The summed E-state index contributed by atoms with van der Waals surface area (Å²) < 4.78 is 5.32. The molecule has 3 aliphatic heterocycles. The van der Waals surface area contributed by atoms with E-state index in [4.69, 9.17) is 9.72 Å². The van der Waals surface area contributed by atoms with Gasteiger partial charge in [-0.15, -0.1) is 0 Å². The highest BCUT2D eigenvalue weighted by Crippen LogP contribution is 2.43. The van der Waals surface area contributed by atoms with E-state index in [-0.39, 0.29) is 11.9 Å². The summed E-state index contributed by atoms with van der Waals surface area (Å²) in [6, 6.07) is 6.42. The van der Waals surface area contributed by atoms with Crippen molar-refractivity contribution in [2.45, 2.75) is 38.3 Å². The number of aryl methyl sites for hydroxylation is 1. The summed E-state index contributed by atoms with van der Waals surface area (Å²) in [5, 5.41) is 3.27. The summed E-state index contributed by atoms with van der Waals surface area (Å²) in [7, 11) is 0. The smallest absolute Gasteiger partial charge is 0.224 e. The third kappa shape index (κ3) is 3.62. The standard InChI is InChI=1S/C22H25N5O2/c1-14-10-19(25-22(24-14)16-2-6-23-7-3-16)27-13-17-12-18(27)21(17)26-20(28)11-15-4-8-29-9-5-15/h2-4,6-7,10,17-18,21H,5,8-9,11-13H2,1H3,(H,26,28). The molecule has 29 heavy (non-hydrogen) atoms. The zero-order valence-corrected chi connectivity index (χ0v) is 16.5. The molecule has 7 heteroatoms. The molecule has 3 unspecified atom stereocenters. The van der Waals surface area contributed by atoms with Gasteiger partial charge in [-0.05, 0) is 31.9 Å². The van der Waals surface area contributed by atoms with Gasteiger partial charge < -0.3 is 15.0 Å². The van der Waals surface area contributed by atoms with Gasteiger partial charge in [0.15, 0.2) is 5.82 Å². The predicted octanol–water partition coefficient (Wildman–Crippen LogP) is 2.28. The van der Waals surface area contributed by atoms with E-state index < -0.39 is 0 Å². The maximum Gasteiger partial charge on any atom is 0.224 e. The van der Waals surface area contributed by atoms with Crippen LogP contribution in [0.3, 0.4) is 0 Å². The van der Waals surface area contributed by atoms with Gasteiger partial charge in [0.1, 0.15) is 5.82 Å². The van der Waals surface area contributed by atoms with Gasteiger partial charge >= 0.3 is 0 Å². The van der Waals surface area contributed by atoms with Crippen molar-refractivity contribution in [3.8, 4) is 11.4 Å². The van der Waals surface area contributed by atoms with Crippen molar-refractivity contribution in [3.63, 3.8) is 0 Å². The van der Waals surface area contributed by atoms with Crippen molar-refractivity contribution < 1.29 is 9.53 Å². The topological polar surface area (TPSA) is 80.2 Å². The van der Waals surface area contributed by atoms with E-state index in [0.29, 0.717) is 31.6 Å². The Balaban J connectivity index is 1.29. The molecular weight excluding hydrogens is 366 g/mol. The van der Waals surface area contributed by atoms with Crippen LogP contribution in [0.4, 0.5) is 5.82 Å². The largest absolute Gasteiger partial charge is 0.377 e. The van der Waals surface area contributed by atoms with Gasteiger partial charge in [-0.25, -0.2) is 9.97 Å². The molecule has 1 amide bonds. The molecule has 5 heterocycles. The Labute approximate surface area is 170 Å².